The van der Waals surface area contributed by atoms with Gasteiger partial charge in [-0.05, 0) is 25.1 Å². The highest BCUT2D eigenvalue weighted by Gasteiger charge is 2.16. The van der Waals surface area contributed by atoms with Crippen molar-refractivity contribution in [2.75, 3.05) is 7.11 Å². The second-order valence-corrected chi connectivity index (χ2v) is 4.91. The standard InChI is InChI=1S/C16H13N3O4/c1-10-6-7-12(9-14(10)19(20)21)16-17-15(18-23-16)11-4-3-5-13(8-11)22-2/h3-9H,1-2H3. The maximum absolute atomic E-state index is 11.0. The van der Waals surface area contributed by atoms with Crippen LogP contribution >= 0.6 is 0 Å². The van der Waals surface area contributed by atoms with Gasteiger partial charge < -0.3 is 9.26 Å². The van der Waals surface area contributed by atoms with Crippen molar-refractivity contribution in [2.45, 2.75) is 6.92 Å². The van der Waals surface area contributed by atoms with Gasteiger partial charge in [-0.15, -0.1) is 0 Å². The molecule has 0 aliphatic rings. The number of hydrogen-bond acceptors (Lipinski definition) is 6. The topological polar surface area (TPSA) is 91.3 Å². The SMILES string of the molecule is COc1cccc(-c2noc(-c3ccc(C)c([N+](=O)[O-])c3)n2)c1. The van der Waals surface area contributed by atoms with E-state index in [9.17, 15) is 10.1 Å². The third-order valence-electron chi connectivity index (χ3n) is 3.41. The van der Waals surface area contributed by atoms with Gasteiger partial charge in [0.1, 0.15) is 5.75 Å². The van der Waals surface area contributed by atoms with E-state index in [2.05, 4.69) is 10.1 Å². The summed E-state index contributed by atoms with van der Waals surface area (Å²) in [7, 11) is 1.58. The first-order chi connectivity index (χ1) is 11.1. The highest BCUT2D eigenvalue weighted by molar-refractivity contribution is 5.63. The van der Waals surface area contributed by atoms with Crippen LogP contribution < -0.4 is 4.74 Å². The Morgan fingerprint density at radius 3 is 2.74 bits per heavy atom. The number of nitrogens with zero attached hydrogens (tertiary/aromatic N) is 3. The number of rotatable bonds is 4. The molecule has 0 fully saturated rings. The molecule has 1 aromatic heterocycles. The van der Waals surface area contributed by atoms with E-state index in [1.807, 2.05) is 18.2 Å². The molecular weight excluding hydrogens is 298 g/mol. The summed E-state index contributed by atoms with van der Waals surface area (Å²) in [6.07, 6.45) is 0. The van der Waals surface area contributed by atoms with Gasteiger partial charge in [0.25, 0.3) is 11.6 Å². The quantitative estimate of drug-likeness (QED) is 0.539. The van der Waals surface area contributed by atoms with Crippen LogP contribution in [-0.2, 0) is 0 Å². The number of hydrogen-bond donors (Lipinski definition) is 0. The first-order valence-corrected chi connectivity index (χ1v) is 6.82. The molecule has 2 aromatic carbocycles. The van der Waals surface area contributed by atoms with Crippen molar-refractivity contribution < 1.29 is 14.2 Å². The fourth-order valence-electron chi connectivity index (χ4n) is 2.16. The molecule has 3 aromatic rings. The maximum atomic E-state index is 11.0. The third kappa shape index (κ3) is 2.89. The van der Waals surface area contributed by atoms with Crippen molar-refractivity contribution in [3.63, 3.8) is 0 Å². The Balaban J connectivity index is 1.99. The molecule has 0 unspecified atom stereocenters. The molecule has 0 spiro atoms. The Hall–Kier alpha value is -3.22. The summed E-state index contributed by atoms with van der Waals surface area (Å²) in [6.45, 7) is 1.68. The summed E-state index contributed by atoms with van der Waals surface area (Å²) in [5, 5.41) is 15.0. The summed E-state index contributed by atoms with van der Waals surface area (Å²) in [4.78, 5) is 14.9. The molecule has 23 heavy (non-hydrogen) atoms. The van der Waals surface area contributed by atoms with Gasteiger partial charge in [0.05, 0.1) is 12.0 Å². The van der Waals surface area contributed by atoms with Crippen LogP contribution in [0.2, 0.25) is 0 Å². The largest absolute Gasteiger partial charge is 0.497 e. The third-order valence-corrected chi connectivity index (χ3v) is 3.41. The van der Waals surface area contributed by atoms with E-state index in [0.29, 0.717) is 22.7 Å². The lowest BCUT2D eigenvalue weighted by Gasteiger charge is -2.00. The van der Waals surface area contributed by atoms with Gasteiger partial charge in [-0.1, -0.05) is 23.4 Å². The van der Waals surface area contributed by atoms with Crippen molar-refractivity contribution in [2.24, 2.45) is 0 Å². The van der Waals surface area contributed by atoms with Crippen LogP contribution in [0.1, 0.15) is 5.56 Å². The Bertz CT molecular complexity index is 873. The van der Waals surface area contributed by atoms with Crippen molar-refractivity contribution in [3.05, 3.63) is 58.1 Å². The Labute approximate surface area is 131 Å². The van der Waals surface area contributed by atoms with Gasteiger partial charge in [-0.3, -0.25) is 10.1 Å². The predicted octanol–water partition coefficient (Wildman–Crippen LogP) is 3.63. The molecular formula is C16H13N3O4. The summed E-state index contributed by atoms with van der Waals surface area (Å²) < 4.78 is 10.4. The van der Waals surface area contributed by atoms with Crippen molar-refractivity contribution >= 4 is 5.69 Å². The molecule has 0 radical (unpaired) electrons. The van der Waals surface area contributed by atoms with E-state index < -0.39 is 4.92 Å². The van der Waals surface area contributed by atoms with E-state index in [4.69, 9.17) is 9.26 Å². The van der Waals surface area contributed by atoms with Crippen LogP contribution in [-0.4, -0.2) is 22.2 Å². The average Bonchev–Trinajstić information content (AvgIpc) is 3.05. The summed E-state index contributed by atoms with van der Waals surface area (Å²) in [5.74, 6) is 1.30. The number of nitro groups is 1. The fraction of sp³-hybridized carbons (Fsp3) is 0.125. The molecule has 0 saturated heterocycles. The van der Waals surface area contributed by atoms with Crippen LogP contribution in [0.4, 0.5) is 5.69 Å². The van der Waals surface area contributed by atoms with Crippen molar-refractivity contribution in [1.29, 1.82) is 0 Å². The van der Waals surface area contributed by atoms with Crippen LogP contribution in [0.5, 0.6) is 5.75 Å². The van der Waals surface area contributed by atoms with Gasteiger partial charge in [-0.25, -0.2) is 0 Å². The van der Waals surface area contributed by atoms with Gasteiger partial charge in [0, 0.05) is 22.8 Å². The van der Waals surface area contributed by atoms with E-state index in [-0.39, 0.29) is 11.6 Å². The zero-order valence-corrected chi connectivity index (χ0v) is 12.5. The zero-order chi connectivity index (χ0) is 16.4. The molecule has 3 rings (SSSR count). The maximum Gasteiger partial charge on any atom is 0.273 e. The highest BCUT2D eigenvalue weighted by atomic mass is 16.6. The molecule has 116 valence electrons. The first kappa shape index (κ1) is 14.7. The monoisotopic (exact) mass is 311 g/mol. The van der Waals surface area contributed by atoms with Crippen molar-refractivity contribution in [1.82, 2.24) is 10.1 Å². The average molecular weight is 311 g/mol. The minimum absolute atomic E-state index is 0.0173. The lowest BCUT2D eigenvalue weighted by molar-refractivity contribution is -0.385. The van der Waals surface area contributed by atoms with E-state index in [0.717, 1.165) is 5.56 Å². The second-order valence-electron chi connectivity index (χ2n) is 4.91. The molecule has 0 N–H and O–H groups in total. The lowest BCUT2D eigenvalue weighted by Crippen LogP contribution is -1.92. The van der Waals surface area contributed by atoms with Gasteiger partial charge in [0.15, 0.2) is 0 Å². The summed E-state index contributed by atoms with van der Waals surface area (Å²) in [6, 6.07) is 12.0. The zero-order valence-electron chi connectivity index (χ0n) is 12.5. The van der Waals surface area contributed by atoms with E-state index in [1.54, 1.807) is 32.2 Å². The normalized spacial score (nSPS) is 10.5. The van der Waals surface area contributed by atoms with Crippen LogP contribution in [0.25, 0.3) is 22.8 Å². The molecule has 7 nitrogen and oxygen atoms in total. The number of aromatic nitrogens is 2. The summed E-state index contributed by atoms with van der Waals surface area (Å²) in [5.41, 5.74) is 1.83. The molecule has 1 heterocycles. The minimum atomic E-state index is -0.432. The number of aryl methyl sites for hydroxylation is 1. The fourth-order valence-corrected chi connectivity index (χ4v) is 2.16. The van der Waals surface area contributed by atoms with Gasteiger partial charge in [-0.2, -0.15) is 4.98 Å². The lowest BCUT2D eigenvalue weighted by atomic mass is 10.1. The first-order valence-electron chi connectivity index (χ1n) is 6.82. The van der Waals surface area contributed by atoms with Gasteiger partial charge >= 0.3 is 0 Å². The van der Waals surface area contributed by atoms with Crippen LogP contribution in [0.3, 0.4) is 0 Å². The number of benzene rings is 2. The molecule has 0 saturated carbocycles. The smallest absolute Gasteiger partial charge is 0.273 e. The van der Waals surface area contributed by atoms with Crippen LogP contribution in [0, 0.1) is 17.0 Å². The molecule has 0 amide bonds. The van der Waals surface area contributed by atoms with E-state index >= 15 is 0 Å². The Morgan fingerprint density at radius 1 is 1.17 bits per heavy atom. The molecule has 0 aliphatic carbocycles. The van der Waals surface area contributed by atoms with Crippen LogP contribution in [0.15, 0.2) is 47.0 Å². The summed E-state index contributed by atoms with van der Waals surface area (Å²) >= 11 is 0. The Kier molecular flexibility index (Phi) is 3.76. The number of ether oxygens (including phenoxy) is 1. The minimum Gasteiger partial charge on any atom is -0.497 e. The molecule has 0 bridgehead atoms. The highest BCUT2D eigenvalue weighted by Crippen LogP contribution is 2.28. The molecule has 0 atom stereocenters. The van der Waals surface area contributed by atoms with Gasteiger partial charge in [0.2, 0.25) is 5.82 Å². The molecule has 7 heteroatoms. The molecule has 0 aliphatic heterocycles. The van der Waals surface area contributed by atoms with E-state index in [1.165, 1.54) is 6.07 Å². The second kappa shape index (κ2) is 5.88. The predicted molar refractivity (Wildman–Crippen MR) is 83.1 cm³/mol. The Morgan fingerprint density at radius 2 is 2.00 bits per heavy atom. The number of methoxy groups -OCH3 is 1. The number of nitro benzene ring substituents is 1. The van der Waals surface area contributed by atoms with Crippen molar-refractivity contribution in [3.8, 4) is 28.6 Å².